The molecule has 22 heavy (non-hydrogen) atoms. The highest BCUT2D eigenvalue weighted by atomic mass is 35.5. The zero-order valence-corrected chi connectivity index (χ0v) is 13.8. The van der Waals surface area contributed by atoms with E-state index in [0.717, 1.165) is 36.8 Å². The molecule has 0 saturated carbocycles. The molecule has 2 N–H and O–H groups in total. The molecule has 1 fully saturated rings. The van der Waals surface area contributed by atoms with Gasteiger partial charge in [-0.25, -0.2) is 4.98 Å². The number of nitrogens with two attached hydrogens (primary N) is 1. The van der Waals surface area contributed by atoms with Crippen molar-refractivity contribution in [1.29, 1.82) is 0 Å². The number of amides is 1. The molecular weight excluding hydrogens is 323 g/mol. The van der Waals surface area contributed by atoms with E-state index in [0.29, 0.717) is 12.2 Å². The Labute approximate surface area is 142 Å². The molecule has 120 valence electrons. The first kappa shape index (κ1) is 18.6. The van der Waals surface area contributed by atoms with Crippen molar-refractivity contribution in [3.8, 4) is 0 Å². The quantitative estimate of drug-likeness (QED) is 0.909. The number of hydrogen-bond donors (Lipinski definition) is 1. The summed E-state index contributed by atoms with van der Waals surface area (Å²) in [4.78, 5) is 23.2. The first-order chi connectivity index (χ1) is 9.79. The lowest BCUT2D eigenvalue weighted by Crippen LogP contribution is -2.47. The second-order valence-electron chi connectivity index (χ2n) is 5.13. The van der Waals surface area contributed by atoms with Gasteiger partial charge in [0.25, 0.3) is 5.91 Å². The Kier molecular flexibility index (Phi) is 7.00. The molecule has 1 aromatic heterocycles. The highest BCUT2D eigenvalue weighted by Gasteiger charge is 2.27. The van der Waals surface area contributed by atoms with E-state index in [1.54, 1.807) is 6.20 Å². The van der Waals surface area contributed by atoms with E-state index in [4.69, 9.17) is 5.73 Å². The van der Waals surface area contributed by atoms with E-state index in [1.807, 2.05) is 29.2 Å². The third kappa shape index (κ3) is 3.66. The summed E-state index contributed by atoms with van der Waals surface area (Å²) in [5, 5.41) is 0. The summed E-state index contributed by atoms with van der Waals surface area (Å²) < 4.78 is 0. The Balaban J connectivity index is 0.00000121. The molecule has 1 aromatic carbocycles. The van der Waals surface area contributed by atoms with Gasteiger partial charge in [-0.2, -0.15) is 0 Å². The minimum absolute atomic E-state index is 0. The summed E-state index contributed by atoms with van der Waals surface area (Å²) in [6.45, 7) is 1.27. The Morgan fingerprint density at radius 3 is 2.68 bits per heavy atom. The maximum absolute atomic E-state index is 12.6. The average molecular weight is 343 g/mol. The molecule has 7 heteroatoms. The van der Waals surface area contributed by atoms with Gasteiger partial charge in [-0.15, -0.1) is 24.8 Å². The fourth-order valence-corrected chi connectivity index (χ4v) is 2.72. The normalized spacial score (nSPS) is 17.5. The van der Waals surface area contributed by atoms with Gasteiger partial charge in [-0.3, -0.25) is 9.78 Å². The van der Waals surface area contributed by atoms with Crippen molar-refractivity contribution in [3.63, 3.8) is 0 Å². The molecule has 1 atom stereocenters. The van der Waals surface area contributed by atoms with Gasteiger partial charge in [0.1, 0.15) is 5.69 Å². The van der Waals surface area contributed by atoms with Crippen LogP contribution in [-0.2, 0) is 0 Å². The summed E-state index contributed by atoms with van der Waals surface area (Å²) in [5.41, 5.74) is 7.73. The standard InChI is InChI=1S/C15H18N4O.2ClH/c16-9-11-5-3-4-8-19(11)15(20)14-10-17-12-6-1-2-7-13(12)18-14;;/h1-2,6-7,10-11H,3-5,8-9,16H2;2*1H. The highest BCUT2D eigenvalue weighted by Crippen LogP contribution is 2.19. The van der Waals surface area contributed by atoms with Gasteiger partial charge < -0.3 is 10.6 Å². The summed E-state index contributed by atoms with van der Waals surface area (Å²) >= 11 is 0. The minimum Gasteiger partial charge on any atom is -0.333 e. The number of halogens is 2. The van der Waals surface area contributed by atoms with Crippen molar-refractivity contribution < 1.29 is 4.79 Å². The van der Waals surface area contributed by atoms with Crippen molar-refractivity contribution in [2.75, 3.05) is 13.1 Å². The number of carbonyl (C=O) groups is 1. The van der Waals surface area contributed by atoms with E-state index in [9.17, 15) is 4.79 Å². The second kappa shape index (κ2) is 8.27. The van der Waals surface area contributed by atoms with Crippen LogP contribution < -0.4 is 5.73 Å². The summed E-state index contributed by atoms with van der Waals surface area (Å²) in [6, 6.07) is 7.70. The Bertz CT molecular complexity index is 638. The van der Waals surface area contributed by atoms with Crippen molar-refractivity contribution in [2.45, 2.75) is 25.3 Å². The van der Waals surface area contributed by atoms with E-state index in [2.05, 4.69) is 9.97 Å². The third-order valence-corrected chi connectivity index (χ3v) is 3.83. The van der Waals surface area contributed by atoms with Gasteiger partial charge in [0.15, 0.2) is 0 Å². The number of benzene rings is 1. The van der Waals surface area contributed by atoms with E-state index < -0.39 is 0 Å². The number of nitrogens with zero attached hydrogens (tertiary/aromatic N) is 3. The molecule has 1 aliphatic rings. The van der Waals surface area contributed by atoms with Gasteiger partial charge in [-0.1, -0.05) is 12.1 Å². The molecule has 1 unspecified atom stereocenters. The Hall–Kier alpha value is -1.43. The average Bonchev–Trinajstić information content (AvgIpc) is 2.53. The molecule has 0 bridgehead atoms. The monoisotopic (exact) mass is 342 g/mol. The summed E-state index contributed by atoms with van der Waals surface area (Å²) in [6.07, 6.45) is 4.70. The van der Waals surface area contributed by atoms with Crippen LogP contribution in [0.1, 0.15) is 29.8 Å². The molecule has 2 heterocycles. The van der Waals surface area contributed by atoms with Gasteiger partial charge >= 0.3 is 0 Å². The lowest BCUT2D eigenvalue weighted by molar-refractivity contribution is 0.0617. The number of para-hydroxylation sites is 2. The van der Waals surface area contributed by atoms with Crippen LogP contribution >= 0.6 is 24.8 Å². The molecule has 5 nitrogen and oxygen atoms in total. The Morgan fingerprint density at radius 2 is 1.95 bits per heavy atom. The lowest BCUT2D eigenvalue weighted by atomic mass is 10.0. The predicted molar refractivity (Wildman–Crippen MR) is 91.8 cm³/mol. The minimum atomic E-state index is -0.0570. The van der Waals surface area contributed by atoms with Crippen LogP contribution in [0.25, 0.3) is 11.0 Å². The van der Waals surface area contributed by atoms with Crippen LogP contribution in [0.5, 0.6) is 0 Å². The van der Waals surface area contributed by atoms with Crippen molar-refractivity contribution >= 4 is 41.8 Å². The highest BCUT2D eigenvalue weighted by molar-refractivity contribution is 5.94. The molecular formula is C15H20Cl2N4O. The molecule has 1 amide bonds. The molecule has 0 radical (unpaired) electrons. The van der Waals surface area contributed by atoms with Gasteiger partial charge in [-0.05, 0) is 31.4 Å². The largest absolute Gasteiger partial charge is 0.333 e. The number of piperidine rings is 1. The number of fused-ring (bicyclic) bond motifs is 1. The zero-order chi connectivity index (χ0) is 13.9. The lowest BCUT2D eigenvalue weighted by Gasteiger charge is -2.34. The predicted octanol–water partition coefficient (Wildman–Crippen LogP) is 2.43. The fraction of sp³-hybridized carbons (Fsp3) is 0.400. The molecule has 0 aliphatic carbocycles. The molecule has 2 aromatic rings. The van der Waals surface area contributed by atoms with Crippen molar-refractivity contribution in [3.05, 3.63) is 36.2 Å². The number of carbonyl (C=O) groups excluding carboxylic acids is 1. The van der Waals surface area contributed by atoms with Crippen molar-refractivity contribution in [1.82, 2.24) is 14.9 Å². The number of aromatic nitrogens is 2. The number of likely N-dealkylation sites (tertiary alicyclic amines) is 1. The van der Waals surface area contributed by atoms with E-state index in [1.165, 1.54) is 0 Å². The first-order valence-electron chi connectivity index (χ1n) is 7.02. The number of rotatable bonds is 2. The van der Waals surface area contributed by atoms with Gasteiger partial charge in [0.2, 0.25) is 0 Å². The SMILES string of the molecule is Cl.Cl.NCC1CCCCN1C(=O)c1cnc2ccccc2n1. The molecule has 1 aliphatic heterocycles. The van der Waals surface area contributed by atoms with E-state index >= 15 is 0 Å². The maximum Gasteiger partial charge on any atom is 0.274 e. The van der Waals surface area contributed by atoms with Crippen LogP contribution in [0.15, 0.2) is 30.5 Å². The van der Waals surface area contributed by atoms with Gasteiger partial charge in [0, 0.05) is 19.1 Å². The maximum atomic E-state index is 12.6. The number of hydrogen-bond acceptors (Lipinski definition) is 4. The summed E-state index contributed by atoms with van der Waals surface area (Å²) in [7, 11) is 0. The van der Waals surface area contributed by atoms with E-state index in [-0.39, 0.29) is 36.8 Å². The zero-order valence-electron chi connectivity index (χ0n) is 12.1. The summed E-state index contributed by atoms with van der Waals surface area (Å²) in [5.74, 6) is -0.0570. The third-order valence-electron chi connectivity index (χ3n) is 3.83. The topological polar surface area (TPSA) is 72.1 Å². The van der Waals surface area contributed by atoms with Crippen molar-refractivity contribution in [2.24, 2.45) is 5.73 Å². The molecule has 0 spiro atoms. The smallest absolute Gasteiger partial charge is 0.274 e. The second-order valence-corrected chi connectivity index (χ2v) is 5.13. The van der Waals surface area contributed by atoms with Crippen LogP contribution in [0.2, 0.25) is 0 Å². The Morgan fingerprint density at radius 1 is 1.23 bits per heavy atom. The fourth-order valence-electron chi connectivity index (χ4n) is 2.72. The van der Waals surface area contributed by atoms with Gasteiger partial charge in [0.05, 0.1) is 17.2 Å². The first-order valence-corrected chi connectivity index (χ1v) is 7.02. The molecule has 1 saturated heterocycles. The van der Waals surface area contributed by atoms with Crippen LogP contribution in [-0.4, -0.2) is 39.9 Å². The molecule has 3 rings (SSSR count). The van der Waals surface area contributed by atoms with Crippen LogP contribution in [0, 0.1) is 0 Å². The van der Waals surface area contributed by atoms with Crippen LogP contribution in [0.3, 0.4) is 0 Å². The van der Waals surface area contributed by atoms with Crippen LogP contribution in [0.4, 0.5) is 0 Å².